The van der Waals surface area contributed by atoms with E-state index in [2.05, 4.69) is 38.4 Å². The topological polar surface area (TPSA) is 56.1 Å². The van der Waals surface area contributed by atoms with Crippen molar-refractivity contribution >= 4 is 5.91 Å². The number of unbranched alkanes of at least 4 members (excludes halogenated alkanes) is 1. The number of hydrogen-bond donors (Lipinski definition) is 1. The zero-order valence-corrected chi connectivity index (χ0v) is 15.1. The van der Waals surface area contributed by atoms with Crippen molar-refractivity contribution in [2.24, 2.45) is 11.8 Å². The highest BCUT2D eigenvalue weighted by Crippen LogP contribution is 2.19. The number of nitriles is 1. The fourth-order valence-corrected chi connectivity index (χ4v) is 2.61. The van der Waals surface area contributed by atoms with Gasteiger partial charge < -0.3 is 10.2 Å². The molecule has 1 rings (SSSR count). The van der Waals surface area contributed by atoms with Crippen molar-refractivity contribution in [2.75, 3.05) is 13.1 Å². The van der Waals surface area contributed by atoms with Gasteiger partial charge in [-0.15, -0.1) is 0 Å². The molecule has 1 N–H and O–H groups in total. The first-order valence-electron chi connectivity index (χ1n) is 8.79. The van der Waals surface area contributed by atoms with Crippen LogP contribution in [0, 0.1) is 23.3 Å². The first kappa shape index (κ1) is 19.3. The molecule has 128 valence electrons. The quantitative estimate of drug-likeness (QED) is 0.544. The summed E-state index contributed by atoms with van der Waals surface area (Å²) in [6, 6.07) is 0. The fraction of sp³-hybridized carbons (Fsp3) is 0.684. The van der Waals surface area contributed by atoms with E-state index in [-0.39, 0.29) is 11.8 Å². The predicted octanol–water partition coefficient (Wildman–Crippen LogP) is 3.97. The van der Waals surface area contributed by atoms with E-state index in [0.29, 0.717) is 12.5 Å². The van der Waals surface area contributed by atoms with E-state index in [1.165, 1.54) is 24.8 Å². The van der Waals surface area contributed by atoms with Gasteiger partial charge in [-0.25, -0.2) is 0 Å². The van der Waals surface area contributed by atoms with Crippen molar-refractivity contribution in [2.45, 2.75) is 59.8 Å². The molecule has 0 radical (unpaired) electrons. The van der Waals surface area contributed by atoms with Gasteiger partial charge in [0.1, 0.15) is 0 Å². The number of allylic oxidation sites excluding steroid dienone is 2. The van der Waals surface area contributed by atoms with Crippen LogP contribution in [0.5, 0.6) is 0 Å². The van der Waals surface area contributed by atoms with Crippen molar-refractivity contribution < 1.29 is 4.79 Å². The van der Waals surface area contributed by atoms with Gasteiger partial charge in [0.15, 0.2) is 6.19 Å². The highest BCUT2D eigenvalue weighted by atomic mass is 16.1. The molecule has 0 fully saturated rings. The Morgan fingerprint density at radius 1 is 1.48 bits per heavy atom. The normalized spacial score (nSPS) is 18.0. The van der Waals surface area contributed by atoms with E-state index in [0.717, 1.165) is 25.1 Å². The van der Waals surface area contributed by atoms with Gasteiger partial charge in [-0.05, 0) is 32.1 Å². The van der Waals surface area contributed by atoms with Crippen LogP contribution < -0.4 is 5.32 Å². The summed E-state index contributed by atoms with van der Waals surface area (Å²) >= 11 is 0. The molecule has 0 saturated heterocycles. The molecule has 0 aromatic rings. The van der Waals surface area contributed by atoms with Gasteiger partial charge in [-0.3, -0.25) is 4.79 Å². The molecule has 1 amide bonds. The van der Waals surface area contributed by atoms with Gasteiger partial charge >= 0.3 is 0 Å². The minimum absolute atomic E-state index is 0.0429. The SMILES string of the molecule is CCCCC(C)/C(C)=C/CC(C)C(=O)NC1=CCCN(C#N)C1. The van der Waals surface area contributed by atoms with Crippen LogP contribution >= 0.6 is 0 Å². The molecule has 1 aliphatic heterocycles. The van der Waals surface area contributed by atoms with Gasteiger partial charge in [0, 0.05) is 18.2 Å². The Bertz CT molecular complexity index is 487. The Kier molecular flexibility index (Phi) is 8.47. The first-order valence-corrected chi connectivity index (χ1v) is 8.79. The summed E-state index contributed by atoms with van der Waals surface area (Å²) in [6.45, 7) is 9.85. The van der Waals surface area contributed by atoms with Crippen LogP contribution in [-0.2, 0) is 4.79 Å². The zero-order chi connectivity index (χ0) is 17.2. The van der Waals surface area contributed by atoms with Crippen LogP contribution in [0.1, 0.15) is 59.8 Å². The summed E-state index contributed by atoms with van der Waals surface area (Å²) < 4.78 is 0. The molecule has 0 aliphatic carbocycles. The van der Waals surface area contributed by atoms with E-state index in [4.69, 9.17) is 5.26 Å². The summed E-state index contributed by atoms with van der Waals surface area (Å²) in [4.78, 5) is 13.9. The summed E-state index contributed by atoms with van der Waals surface area (Å²) in [5.41, 5.74) is 2.23. The maximum absolute atomic E-state index is 12.3. The fourth-order valence-electron chi connectivity index (χ4n) is 2.61. The second-order valence-electron chi connectivity index (χ2n) is 6.66. The maximum Gasteiger partial charge on any atom is 0.227 e. The summed E-state index contributed by atoms with van der Waals surface area (Å²) in [5, 5.41) is 11.9. The average molecular weight is 317 g/mol. The number of amides is 1. The third kappa shape index (κ3) is 6.90. The van der Waals surface area contributed by atoms with Gasteiger partial charge in [0.05, 0.1) is 6.54 Å². The van der Waals surface area contributed by atoms with Crippen LogP contribution in [-0.4, -0.2) is 23.9 Å². The van der Waals surface area contributed by atoms with Crippen LogP contribution in [0.4, 0.5) is 0 Å². The Hall–Kier alpha value is -1.76. The lowest BCUT2D eigenvalue weighted by Gasteiger charge is -2.23. The molecular weight excluding hydrogens is 286 g/mol. The molecule has 1 aliphatic rings. The minimum atomic E-state index is -0.0540. The molecule has 1 heterocycles. The number of nitrogens with one attached hydrogen (secondary N) is 1. The molecule has 0 bridgehead atoms. The summed E-state index contributed by atoms with van der Waals surface area (Å²) in [5.74, 6) is 0.582. The van der Waals surface area contributed by atoms with Gasteiger partial charge in [-0.2, -0.15) is 5.26 Å². The van der Waals surface area contributed by atoms with Crippen molar-refractivity contribution in [3.63, 3.8) is 0 Å². The van der Waals surface area contributed by atoms with E-state index in [1.54, 1.807) is 4.90 Å². The Labute approximate surface area is 141 Å². The maximum atomic E-state index is 12.3. The number of hydrogen-bond acceptors (Lipinski definition) is 3. The monoisotopic (exact) mass is 317 g/mol. The van der Waals surface area contributed by atoms with Crippen LogP contribution in [0.2, 0.25) is 0 Å². The summed E-state index contributed by atoms with van der Waals surface area (Å²) in [7, 11) is 0. The highest BCUT2D eigenvalue weighted by molar-refractivity contribution is 5.80. The van der Waals surface area contributed by atoms with Gasteiger partial charge in [-0.1, -0.05) is 51.3 Å². The zero-order valence-electron chi connectivity index (χ0n) is 15.1. The minimum Gasteiger partial charge on any atom is -0.328 e. The number of carbonyl (C=O) groups excluding carboxylic acids is 1. The van der Waals surface area contributed by atoms with Gasteiger partial charge in [0.25, 0.3) is 0 Å². The lowest BCUT2D eigenvalue weighted by molar-refractivity contribution is -0.123. The van der Waals surface area contributed by atoms with Crippen molar-refractivity contribution in [1.29, 1.82) is 5.26 Å². The molecule has 0 aromatic heterocycles. The molecule has 0 aromatic carbocycles. The molecule has 2 atom stereocenters. The van der Waals surface area contributed by atoms with Crippen LogP contribution in [0.15, 0.2) is 23.4 Å². The molecule has 4 nitrogen and oxygen atoms in total. The van der Waals surface area contributed by atoms with Crippen molar-refractivity contribution in [3.8, 4) is 6.19 Å². The predicted molar refractivity (Wildman–Crippen MR) is 94.3 cm³/mol. The summed E-state index contributed by atoms with van der Waals surface area (Å²) in [6.07, 6.45) is 11.6. The third-order valence-corrected chi connectivity index (χ3v) is 4.59. The van der Waals surface area contributed by atoms with E-state index >= 15 is 0 Å². The van der Waals surface area contributed by atoms with E-state index in [9.17, 15) is 4.79 Å². The third-order valence-electron chi connectivity index (χ3n) is 4.59. The lowest BCUT2D eigenvalue weighted by Crippen LogP contribution is -2.36. The standard InChI is InChI=1S/C19H31N3O/c1-5-6-8-15(2)16(3)10-11-17(4)19(23)21-18-9-7-12-22(13-18)14-20/h9-10,15,17H,5-8,11-13H2,1-4H3,(H,21,23)/b16-10+. The van der Waals surface area contributed by atoms with Crippen LogP contribution in [0.3, 0.4) is 0 Å². The Morgan fingerprint density at radius 2 is 2.22 bits per heavy atom. The van der Waals surface area contributed by atoms with E-state index < -0.39 is 0 Å². The van der Waals surface area contributed by atoms with E-state index in [1.807, 2.05) is 13.0 Å². The number of rotatable bonds is 8. The number of carbonyl (C=O) groups is 1. The molecule has 0 saturated carbocycles. The second kappa shape index (κ2) is 10.1. The van der Waals surface area contributed by atoms with Crippen molar-refractivity contribution in [3.05, 3.63) is 23.4 Å². The Balaban J connectivity index is 2.45. The Morgan fingerprint density at radius 3 is 2.87 bits per heavy atom. The first-order chi connectivity index (χ1) is 11.0. The highest BCUT2D eigenvalue weighted by Gasteiger charge is 2.17. The van der Waals surface area contributed by atoms with Crippen molar-refractivity contribution in [1.82, 2.24) is 10.2 Å². The molecule has 4 heteroatoms. The number of nitrogens with zero attached hydrogens (tertiary/aromatic N) is 2. The molecular formula is C19H31N3O. The average Bonchev–Trinajstić information content (AvgIpc) is 2.57. The lowest BCUT2D eigenvalue weighted by atomic mass is 9.94. The van der Waals surface area contributed by atoms with Crippen LogP contribution in [0.25, 0.3) is 0 Å². The molecule has 0 spiro atoms. The second-order valence-corrected chi connectivity index (χ2v) is 6.66. The van der Waals surface area contributed by atoms with Gasteiger partial charge in [0.2, 0.25) is 5.91 Å². The molecule has 23 heavy (non-hydrogen) atoms. The smallest absolute Gasteiger partial charge is 0.227 e. The molecule has 2 unspecified atom stereocenters. The largest absolute Gasteiger partial charge is 0.328 e.